The molecule has 4 rings (SSSR count). The molecule has 24 heavy (non-hydrogen) atoms. The average Bonchev–Trinajstić information content (AvgIpc) is 3.21. The topological polar surface area (TPSA) is 55.8 Å². The van der Waals surface area contributed by atoms with E-state index in [1.165, 1.54) is 0 Å². The molecular formula is C18H18ClNO4. The number of para-hydroxylation sites is 1. The Morgan fingerprint density at radius 2 is 2.25 bits per heavy atom. The first-order chi connectivity index (χ1) is 11.6. The Balaban J connectivity index is 1.67. The summed E-state index contributed by atoms with van der Waals surface area (Å²) < 4.78 is 11.3. The molecule has 3 aliphatic rings. The number of benzene rings is 1. The van der Waals surface area contributed by atoms with E-state index >= 15 is 0 Å². The maximum atomic E-state index is 13.1. The highest BCUT2D eigenvalue weighted by atomic mass is 35.5. The van der Waals surface area contributed by atoms with Gasteiger partial charge in [-0.05, 0) is 18.6 Å². The summed E-state index contributed by atoms with van der Waals surface area (Å²) in [4.78, 5) is 27.1. The number of esters is 1. The van der Waals surface area contributed by atoms with Gasteiger partial charge in [0.1, 0.15) is 11.5 Å². The van der Waals surface area contributed by atoms with Crippen LogP contribution in [0.1, 0.15) is 13.3 Å². The number of fused-ring (bicyclic) bond motifs is 1. The van der Waals surface area contributed by atoms with Gasteiger partial charge in [0.05, 0.1) is 35.9 Å². The summed E-state index contributed by atoms with van der Waals surface area (Å²) in [5.41, 5.74) is -0.106. The van der Waals surface area contributed by atoms with E-state index in [1.54, 1.807) is 17.0 Å². The summed E-state index contributed by atoms with van der Waals surface area (Å²) in [6.07, 6.45) is 4.16. The van der Waals surface area contributed by atoms with Gasteiger partial charge in [0, 0.05) is 0 Å². The van der Waals surface area contributed by atoms with Crippen molar-refractivity contribution in [1.29, 1.82) is 0 Å². The van der Waals surface area contributed by atoms with E-state index in [-0.39, 0.29) is 18.0 Å². The quantitative estimate of drug-likeness (QED) is 0.620. The van der Waals surface area contributed by atoms with Crippen molar-refractivity contribution in [1.82, 2.24) is 0 Å². The number of amides is 1. The first-order valence-electron chi connectivity index (χ1n) is 8.17. The molecular weight excluding hydrogens is 330 g/mol. The Labute approximate surface area is 145 Å². The average molecular weight is 348 g/mol. The van der Waals surface area contributed by atoms with Gasteiger partial charge >= 0.3 is 5.97 Å². The number of anilines is 1. The minimum atomic E-state index is -0.753. The highest BCUT2D eigenvalue weighted by Gasteiger charge is 2.67. The van der Waals surface area contributed by atoms with Gasteiger partial charge in [-0.25, -0.2) is 0 Å². The summed E-state index contributed by atoms with van der Waals surface area (Å²) in [6, 6.07) is 7.20. The van der Waals surface area contributed by atoms with E-state index in [0.717, 1.165) is 6.42 Å². The van der Waals surface area contributed by atoms with Crippen molar-refractivity contribution in [3.8, 4) is 0 Å². The van der Waals surface area contributed by atoms with Gasteiger partial charge in [0.15, 0.2) is 0 Å². The van der Waals surface area contributed by atoms with E-state index in [4.69, 9.17) is 21.1 Å². The molecule has 0 aromatic heterocycles. The lowest BCUT2D eigenvalue weighted by Gasteiger charge is -2.22. The van der Waals surface area contributed by atoms with Crippen LogP contribution in [0.4, 0.5) is 5.69 Å². The Morgan fingerprint density at radius 3 is 3.00 bits per heavy atom. The van der Waals surface area contributed by atoms with Crippen LogP contribution in [0, 0.1) is 11.8 Å². The van der Waals surface area contributed by atoms with Crippen LogP contribution in [-0.2, 0) is 19.1 Å². The Kier molecular flexibility index (Phi) is 3.66. The number of hydrogen-bond donors (Lipinski definition) is 0. The van der Waals surface area contributed by atoms with Gasteiger partial charge < -0.3 is 14.4 Å². The van der Waals surface area contributed by atoms with Crippen molar-refractivity contribution < 1.29 is 19.1 Å². The van der Waals surface area contributed by atoms with Crippen LogP contribution >= 0.6 is 11.6 Å². The molecule has 0 N–H and O–H groups in total. The van der Waals surface area contributed by atoms with Crippen molar-refractivity contribution in [3.63, 3.8) is 0 Å². The van der Waals surface area contributed by atoms with E-state index in [2.05, 4.69) is 0 Å². The lowest BCUT2D eigenvalue weighted by molar-refractivity contribution is -0.152. The Bertz CT molecular complexity index is 733. The highest BCUT2D eigenvalue weighted by Crippen LogP contribution is 2.53. The van der Waals surface area contributed by atoms with Crippen molar-refractivity contribution >= 4 is 29.2 Å². The molecule has 2 bridgehead atoms. The molecule has 126 valence electrons. The zero-order chi connectivity index (χ0) is 16.9. The van der Waals surface area contributed by atoms with Gasteiger partial charge in [-0.15, -0.1) is 0 Å². The normalized spacial score (nSPS) is 33.2. The first kappa shape index (κ1) is 15.7. The number of carbonyl (C=O) groups is 2. The predicted octanol–water partition coefficient (Wildman–Crippen LogP) is 2.58. The number of nitrogens with zero attached hydrogens (tertiary/aromatic N) is 1. The number of halogens is 1. The molecule has 0 aliphatic carbocycles. The smallest absolute Gasteiger partial charge is 0.312 e. The number of carbonyl (C=O) groups excluding carboxylic acids is 2. The minimum absolute atomic E-state index is 0.131. The number of hydrogen-bond acceptors (Lipinski definition) is 4. The lowest BCUT2D eigenvalue weighted by atomic mass is 9.77. The van der Waals surface area contributed by atoms with E-state index in [1.807, 2.05) is 31.2 Å². The molecule has 6 heteroatoms. The molecule has 2 fully saturated rings. The molecule has 5 nitrogen and oxygen atoms in total. The fourth-order valence-electron chi connectivity index (χ4n) is 3.94. The van der Waals surface area contributed by atoms with Crippen LogP contribution in [0.25, 0.3) is 0 Å². The van der Waals surface area contributed by atoms with E-state index in [9.17, 15) is 9.59 Å². The summed E-state index contributed by atoms with van der Waals surface area (Å²) in [5.74, 6) is -1.62. The third kappa shape index (κ3) is 2.11. The molecule has 1 aromatic carbocycles. The molecule has 3 aliphatic heterocycles. The first-order valence-corrected chi connectivity index (χ1v) is 8.55. The molecule has 4 atom stereocenters. The van der Waals surface area contributed by atoms with Crippen molar-refractivity contribution in [3.05, 3.63) is 41.4 Å². The van der Waals surface area contributed by atoms with Gasteiger partial charge in [-0.1, -0.05) is 42.8 Å². The fourth-order valence-corrected chi connectivity index (χ4v) is 4.18. The summed E-state index contributed by atoms with van der Waals surface area (Å²) in [6.45, 7) is 2.66. The van der Waals surface area contributed by atoms with Crippen molar-refractivity contribution in [2.24, 2.45) is 11.8 Å². The lowest BCUT2D eigenvalue weighted by Crippen LogP contribution is -2.40. The van der Waals surface area contributed by atoms with Crippen LogP contribution < -0.4 is 4.90 Å². The Morgan fingerprint density at radius 1 is 1.46 bits per heavy atom. The molecule has 0 saturated carbocycles. The Hall–Kier alpha value is -1.85. The molecule has 1 aromatic rings. The third-order valence-corrected chi connectivity index (χ3v) is 5.28. The van der Waals surface area contributed by atoms with E-state index < -0.39 is 17.4 Å². The molecule has 0 radical (unpaired) electrons. The van der Waals surface area contributed by atoms with Gasteiger partial charge in [0.25, 0.3) is 0 Å². The summed E-state index contributed by atoms with van der Waals surface area (Å²) >= 11 is 6.25. The molecule has 0 unspecified atom stereocenters. The van der Waals surface area contributed by atoms with Crippen LogP contribution in [0.5, 0.6) is 0 Å². The fraction of sp³-hybridized carbons (Fsp3) is 0.444. The maximum Gasteiger partial charge on any atom is 0.312 e. The molecule has 3 heterocycles. The van der Waals surface area contributed by atoms with Crippen LogP contribution in [-0.4, -0.2) is 36.7 Å². The number of ether oxygens (including phenoxy) is 2. The SMILES string of the molecule is CCCOC(=O)[C@@H]1[C@H]2C(=O)N(c3ccccc3Cl)C[C@@]23C=C[C@H]1O3. The number of rotatable bonds is 4. The third-order valence-electron chi connectivity index (χ3n) is 4.96. The summed E-state index contributed by atoms with van der Waals surface area (Å²) in [7, 11) is 0. The van der Waals surface area contributed by atoms with E-state index in [0.29, 0.717) is 23.9 Å². The zero-order valence-electron chi connectivity index (χ0n) is 13.3. The van der Waals surface area contributed by atoms with Gasteiger partial charge in [-0.3, -0.25) is 9.59 Å². The van der Waals surface area contributed by atoms with Crippen LogP contribution in [0.3, 0.4) is 0 Å². The predicted molar refractivity (Wildman–Crippen MR) is 88.8 cm³/mol. The van der Waals surface area contributed by atoms with Crippen molar-refractivity contribution in [2.75, 3.05) is 18.1 Å². The van der Waals surface area contributed by atoms with Crippen LogP contribution in [0.15, 0.2) is 36.4 Å². The monoisotopic (exact) mass is 347 g/mol. The van der Waals surface area contributed by atoms with Gasteiger partial charge in [-0.2, -0.15) is 0 Å². The second-order valence-corrected chi connectivity index (χ2v) is 6.85. The largest absolute Gasteiger partial charge is 0.465 e. The summed E-state index contributed by atoms with van der Waals surface area (Å²) in [5, 5.41) is 0.505. The standard InChI is InChI=1S/C18H18ClNO4/c1-2-9-23-17(22)14-13-7-8-18(24-13)10-20(16(21)15(14)18)12-6-4-3-5-11(12)19/h3-8,13-15H,2,9-10H2,1H3/t13-,14+,15+,18+/m1/s1. The zero-order valence-corrected chi connectivity index (χ0v) is 14.0. The second kappa shape index (κ2) is 5.60. The van der Waals surface area contributed by atoms with Gasteiger partial charge in [0.2, 0.25) is 5.91 Å². The van der Waals surface area contributed by atoms with Crippen LogP contribution in [0.2, 0.25) is 5.02 Å². The second-order valence-electron chi connectivity index (χ2n) is 6.44. The van der Waals surface area contributed by atoms with Crippen molar-refractivity contribution in [2.45, 2.75) is 25.0 Å². The maximum absolute atomic E-state index is 13.1. The highest BCUT2D eigenvalue weighted by molar-refractivity contribution is 6.34. The minimum Gasteiger partial charge on any atom is -0.465 e. The molecule has 1 spiro atoms. The molecule has 1 amide bonds. The molecule has 2 saturated heterocycles.